The van der Waals surface area contributed by atoms with E-state index in [1.807, 2.05) is 36.6 Å². The highest BCUT2D eigenvalue weighted by atomic mass is 79.9. The maximum absolute atomic E-state index is 12.4. The van der Waals surface area contributed by atoms with E-state index < -0.39 is 0 Å². The van der Waals surface area contributed by atoms with Crippen LogP contribution >= 0.6 is 27.3 Å². The first kappa shape index (κ1) is 12.8. The van der Waals surface area contributed by atoms with Gasteiger partial charge in [-0.3, -0.25) is 4.79 Å². The normalized spacial score (nSPS) is 16.1. The second-order valence-corrected chi connectivity index (χ2v) is 6.61. The van der Waals surface area contributed by atoms with E-state index in [-0.39, 0.29) is 11.3 Å². The minimum Gasteiger partial charge on any atom is -0.301 e. The largest absolute Gasteiger partial charge is 0.301 e. The molecule has 1 aliphatic carbocycles. The Balaban J connectivity index is 1.81. The molecule has 1 aromatic heterocycles. The molecule has 1 aromatic carbocycles. The van der Waals surface area contributed by atoms with Gasteiger partial charge in [0.05, 0.1) is 11.1 Å². The molecule has 0 bridgehead atoms. The van der Waals surface area contributed by atoms with Crippen LogP contribution in [0.5, 0.6) is 0 Å². The number of amides is 1. The molecule has 19 heavy (non-hydrogen) atoms. The van der Waals surface area contributed by atoms with Crippen molar-refractivity contribution in [1.29, 1.82) is 0 Å². The van der Waals surface area contributed by atoms with E-state index >= 15 is 0 Å². The second-order valence-electron chi connectivity index (χ2n) is 4.84. The van der Waals surface area contributed by atoms with Crippen LogP contribution in [0.3, 0.4) is 0 Å². The fourth-order valence-corrected chi connectivity index (χ4v) is 3.12. The minimum absolute atomic E-state index is 0.0594. The topological polar surface area (TPSA) is 42.0 Å². The molecule has 1 amide bonds. The molecule has 1 heterocycles. The highest BCUT2D eigenvalue weighted by Crippen LogP contribution is 2.49. The Labute approximate surface area is 124 Å². The van der Waals surface area contributed by atoms with E-state index in [1.165, 1.54) is 11.3 Å². The van der Waals surface area contributed by atoms with Gasteiger partial charge in [0.25, 0.3) is 0 Å². The lowest BCUT2D eigenvalue weighted by molar-refractivity contribution is -0.118. The smallest absolute Gasteiger partial charge is 0.236 e. The monoisotopic (exact) mass is 336 g/mol. The molecule has 0 unspecified atom stereocenters. The summed E-state index contributed by atoms with van der Waals surface area (Å²) < 4.78 is 1.03. The summed E-state index contributed by atoms with van der Waals surface area (Å²) in [7, 11) is 0. The van der Waals surface area contributed by atoms with Crippen molar-refractivity contribution in [2.24, 2.45) is 0 Å². The van der Waals surface area contributed by atoms with Gasteiger partial charge in [-0.15, -0.1) is 11.3 Å². The molecule has 2 aromatic rings. The molecule has 0 atom stereocenters. The molecule has 3 rings (SSSR count). The summed E-state index contributed by atoms with van der Waals surface area (Å²) in [4.78, 5) is 16.7. The lowest BCUT2D eigenvalue weighted by Gasteiger charge is -2.14. The highest BCUT2D eigenvalue weighted by Gasteiger charge is 2.51. The van der Waals surface area contributed by atoms with E-state index in [1.54, 1.807) is 0 Å². The third-order valence-corrected chi connectivity index (χ3v) is 4.83. The third-order valence-electron chi connectivity index (χ3n) is 3.42. The molecule has 1 fully saturated rings. The van der Waals surface area contributed by atoms with E-state index in [0.29, 0.717) is 5.13 Å². The molecule has 0 aliphatic heterocycles. The van der Waals surface area contributed by atoms with Crippen LogP contribution in [0.15, 0.2) is 34.1 Å². The Morgan fingerprint density at radius 1 is 1.37 bits per heavy atom. The molecule has 0 radical (unpaired) electrons. The van der Waals surface area contributed by atoms with E-state index in [2.05, 4.69) is 26.2 Å². The fraction of sp³-hybridized carbons (Fsp3) is 0.286. The number of hydrogen-bond acceptors (Lipinski definition) is 3. The third kappa shape index (κ3) is 2.44. The van der Waals surface area contributed by atoms with Crippen molar-refractivity contribution in [2.45, 2.75) is 25.2 Å². The van der Waals surface area contributed by atoms with Crippen LogP contribution in [0, 0.1) is 6.92 Å². The maximum atomic E-state index is 12.4. The van der Waals surface area contributed by atoms with Gasteiger partial charge in [0.15, 0.2) is 5.13 Å². The van der Waals surface area contributed by atoms with Crippen molar-refractivity contribution in [3.8, 4) is 0 Å². The summed E-state index contributed by atoms with van der Waals surface area (Å²) in [5.74, 6) is 0.0594. The van der Waals surface area contributed by atoms with Crippen LogP contribution in [0.2, 0.25) is 0 Å². The molecular formula is C14H13BrN2OS. The summed E-state index contributed by atoms with van der Waals surface area (Å²) in [5, 5.41) is 5.56. The molecule has 3 nitrogen and oxygen atoms in total. The standard InChI is InChI=1S/C14H13BrN2OS/c1-9-8-19-13(16-9)17-12(18)14(6-7-14)10-2-4-11(15)5-3-10/h2-5,8H,6-7H2,1H3,(H,16,17,18). The number of nitrogens with zero attached hydrogens (tertiary/aromatic N) is 1. The number of aromatic nitrogens is 1. The number of carbonyl (C=O) groups excluding carboxylic acids is 1. The zero-order valence-corrected chi connectivity index (χ0v) is 12.8. The molecule has 0 spiro atoms. The number of thiazole rings is 1. The number of benzene rings is 1. The molecule has 1 saturated carbocycles. The van der Waals surface area contributed by atoms with E-state index in [4.69, 9.17) is 0 Å². The first-order valence-electron chi connectivity index (χ1n) is 6.10. The second kappa shape index (κ2) is 4.72. The first-order valence-corrected chi connectivity index (χ1v) is 7.77. The summed E-state index contributed by atoms with van der Waals surface area (Å²) in [5.41, 5.74) is 1.68. The van der Waals surface area contributed by atoms with Gasteiger partial charge in [-0.05, 0) is 37.5 Å². The average molecular weight is 337 g/mol. The van der Waals surface area contributed by atoms with E-state index in [9.17, 15) is 4.79 Å². The van der Waals surface area contributed by atoms with Crippen LogP contribution < -0.4 is 5.32 Å². The predicted octanol–water partition coefficient (Wildman–Crippen LogP) is 3.88. The molecule has 98 valence electrons. The number of aryl methyl sites for hydroxylation is 1. The van der Waals surface area contributed by atoms with Crippen molar-refractivity contribution in [3.63, 3.8) is 0 Å². The number of halogens is 1. The lowest BCUT2D eigenvalue weighted by Crippen LogP contribution is -2.27. The van der Waals surface area contributed by atoms with Crippen molar-refractivity contribution >= 4 is 38.3 Å². The summed E-state index contributed by atoms with van der Waals surface area (Å²) in [6.07, 6.45) is 1.82. The van der Waals surface area contributed by atoms with Crippen molar-refractivity contribution < 1.29 is 4.79 Å². The zero-order chi connectivity index (χ0) is 13.5. The van der Waals surface area contributed by atoms with Crippen LogP contribution in [-0.4, -0.2) is 10.9 Å². The number of carbonyl (C=O) groups is 1. The highest BCUT2D eigenvalue weighted by molar-refractivity contribution is 9.10. The summed E-state index contributed by atoms with van der Waals surface area (Å²) in [6.45, 7) is 1.92. The Bertz CT molecular complexity index is 617. The number of anilines is 1. The number of rotatable bonds is 3. The summed E-state index contributed by atoms with van der Waals surface area (Å²) >= 11 is 4.89. The lowest BCUT2D eigenvalue weighted by atomic mass is 9.95. The number of nitrogens with one attached hydrogen (secondary N) is 1. The van der Waals surface area contributed by atoms with Crippen LogP contribution in [0.25, 0.3) is 0 Å². The zero-order valence-electron chi connectivity index (χ0n) is 10.4. The van der Waals surface area contributed by atoms with Gasteiger partial charge in [-0.1, -0.05) is 28.1 Å². The van der Waals surface area contributed by atoms with Crippen molar-refractivity contribution in [2.75, 3.05) is 5.32 Å². The molecule has 0 saturated heterocycles. The molecule has 5 heteroatoms. The quantitative estimate of drug-likeness (QED) is 0.923. The van der Waals surface area contributed by atoms with Gasteiger partial charge in [-0.25, -0.2) is 4.98 Å². The van der Waals surface area contributed by atoms with Gasteiger partial charge in [0.2, 0.25) is 5.91 Å². The van der Waals surface area contributed by atoms with Crippen molar-refractivity contribution in [1.82, 2.24) is 4.98 Å². The number of hydrogen-bond donors (Lipinski definition) is 1. The minimum atomic E-state index is -0.347. The molecule has 1 aliphatic rings. The first-order chi connectivity index (χ1) is 9.10. The van der Waals surface area contributed by atoms with Crippen molar-refractivity contribution in [3.05, 3.63) is 45.4 Å². The Morgan fingerprint density at radius 3 is 2.58 bits per heavy atom. The Kier molecular flexibility index (Phi) is 3.19. The van der Waals surface area contributed by atoms with Crippen LogP contribution in [0.1, 0.15) is 24.1 Å². The van der Waals surface area contributed by atoms with Gasteiger partial charge in [0, 0.05) is 9.85 Å². The molecule has 1 N–H and O–H groups in total. The fourth-order valence-electron chi connectivity index (χ4n) is 2.17. The Morgan fingerprint density at radius 2 is 2.05 bits per heavy atom. The van der Waals surface area contributed by atoms with Crippen LogP contribution in [-0.2, 0) is 10.2 Å². The van der Waals surface area contributed by atoms with Gasteiger partial charge < -0.3 is 5.32 Å². The van der Waals surface area contributed by atoms with Crippen LogP contribution in [0.4, 0.5) is 5.13 Å². The van der Waals surface area contributed by atoms with Gasteiger partial charge in [0.1, 0.15) is 0 Å². The predicted molar refractivity (Wildman–Crippen MR) is 80.5 cm³/mol. The van der Waals surface area contributed by atoms with Gasteiger partial charge in [-0.2, -0.15) is 0 Å². The molecular weight excluding hydrogens is 324 g/mol. The summed E-state index contributed by atoms with van der Waals surface area (Å²) in [6, 6.07) is 8.00. The van der Waals surface area contributed by atoms with E-state index in [0.717, 1.165) is 28.6 Å². The van der Waals surface area contributed by atoms with Gasteiger partial charge >= 0.3 is 0 Å². The SMILES string of the molecule is Cc1csc(NC(=O)C2(c3ccc(Br)cc3)CC2)n1. The Hall–Kier alpha value is -1.20. The maximum Gasteiger partial charge on any atom is 0.236 e. The average Bonchev–Trinajstić information content (AvgIpc) is 3.10.